The van der Waals surface area contributed by atoms with E-state index in [1.807, 2.05) is 0 Å². The van der Waals surface area contributed by atoms with Crippen LogP contribution in [0.25, 0.3) is 0 Å². The molecule has 0 spiro atoms. The Morgan fingerprint density at radius 1 is 0.800 bits per heavy atom. The summed E-state index contributed by atoms with van der Waals surface area (Å²) >= 11 is -3.61. The summed E-state index contributed by atoms with van der Waals surface area (Å²) in [5.41, 5.74) is 0.414. The second-order valence-corrected chi connectivity index (χ2v) is 25.7. The van der Waals surface area contributed by atoms with Gasteiger partial charge in [0, 0.05) is 0 Å². The van der Waals surface area contributed by atoms with Crippen LogP contribution in [0, 0.1) is 5.41 Å². The van der Waals surface area contributed by atoms with Crippen LogP contribution in [0.4, 0.5) is 0 Å². The molecule has 0 aromatic heterocycles. The molecule has 0 N–H and O–H groups in total. The zero-order valence-corrected chi connectivity index (χ0v) is 15.3. The minimum absolute atomic E-state index is 0.414. The molecule has 2 nitrogen and oxygen atoms in total. The molecule has 0 amide bonds. The molecule has 0 atom stereocenters. The zero-order valence-electron chi connectivity index (χ0n) is 11.1. The fourth-order valence-electron chi connectivity index (χ4n) is 1.25. The van der Waals surface area contributed by atoms with Gasteiger partial charge in [-0.15, -0.1) is 0 Å². The van der Waals surface area contributed by atoms with Gasteiger partial charge in [-0.25, -0.2) is 0 Å². The molecule has 0 aromatic carbocycles. The summed E-state index contributed by atoms with van der Waals surface area (Å²) in [6, 6.07) is 0. The van der Waals surface area contributed by atoms with Crippen LogP contribution in [0.2, 0.25) is 34.5 Å². The molecule has 0 saturated heterocycles. The van der Waals surface area contributed by atoms with Gasteiger partial charge < -0.3 is 0 Å². The summed E-state index contributed by atoms with van der Waals surface area (Å²) in [4.78, 5) is 0. The van der Waals surface area contributed by atoms with Crippen LogP contribution in [0.5, 0.6) is 0 Å². The van der Waals surface area contributed by atoms with Gasteiger partial charge in [0.25, 0.3) is 0 Å². The quantitative estimate of drug-likeness (QED) is 0.692. The average Bonchev–Trinajstić information content (AvgIpc) is 2.76. The summed E-state index contributed by atoms with van der Waals surface area (Å²) in [5, 5.41) is 0. The maximum atomic E-state index is 6.05. The molecule has 1 rings (SSSR count). The molecular formula is C11H26Ge2O2. The summed E-state index contributed by atoms with van der Waals surface area (Å²) < 4.78 is 12.1. The van der Waals surface area contributed by atoms with Crippen molar-refractivity contribution >= 4 is 27.2 Å². The van der Waals surface area contributed by atoms with Crippen molar-refractivity contribution in [3.63, 3.8) is 0 Å². The van der Waals surface area contributed by atoms with E-state index in [1.54, 1.807) is 0 Å². The van der Waals surface area contributed by atoms with E-state index < -0.39 is 27.2 Å². The molecule has 4 heteroatoms. The molecule has 90 valence electrons. The number of hydrogen-bond donors (Lipinski definition) is 0. The summed E-state index contributed by atoms with van der Waals surface area (Å²) in [5.74, 6) is 13.8. The number of hydrogen-bond acceptors (Lipinski definition) is 2. The van der Waals surface area contributed by atoms with Crippen molar-refractivity contribution in [3.05, 3.63) is 0 Å². The molecule has 1 aliphatic rings. The van der Waals surface area contributed by atoms with Gasteiger partial charge in [-0.2, -0.15) is 0 Å². The molecule has 0 aliphatic heterocycles. The molecular weight excluding hydrogens is 309 g/mol. The van der Waals surface area contributed by atoms with Crippen LogP contribution in [0.1, 0.15) is 12.8 Å². The van der Waals surface area contributed by atoms with Crippen molar-refractivity contribution < 1.29 is 7.53 Å². The predicted molar refractivity (Wildman–Crippen MR) is 70.3 cm³/mol. The third-order valence-corrected chi connectivity index (χ3v) is 6.82. The fraction of sp³-hybridized carbons (Fsp3) is 1.00. The topological polar surface area (TPSA) is 18.5 Å². The van der Waals surface area contributed by atoms with Crippen molar-refractivity contribution in [2.45, 2.75) is 47.4 Å². The first-order chi connectivity index (χ1) is 6.62. The number of rotatable bonds is 6. The monoisotopic (exact) mass is 338 g/mol. The van der Waals surface area contributed by atoms with Gasteiger partial charge in [0.15, 0.2) is 0 Å². The van der Waals surface area contributed by atoms with Crippen molar-refractivity contribution in [2.75, 3.05) is 13.2 Å². The molecule has 0 aromatic rings. The molecule has 15 heavy (non-hydrogen) atoms. The van der Waals surface area contributed by atoms with Crippen LogP contribution in [0.15, 0.2) is 0 Å². The van der Waals surface area contributed by atoms with E-state index in [0.717, 1.165) is 13.2 Å². The van der Waals surface area contributed by atoms with Crippen LogP contribution in [-0.2, 0) is 7.53 Å². The average molecular weight is 336 g/mol. The van der Waals surface area contributed by atoms with Gasteiger partial charge in [0.2, 0.25) is 0 Å². The summed E-state index contributed by atoms with van der Waals surface area (Å²) in [6.45, 7) is 1.91. The van der Waals surface area contributed by atoms with Crippen LogP contribution in [-0.4, -0.2) is 40.4 Å². The van der Waals surface area contributed by atoms with E-state index in [4.69, 9.17) is 7.53 Å². The Balaban J connectivity index is 2.28. The van der Waals surface area contributed by atoms with E-state index >= 15 is 0 Å². The van der Waals surface area contributed by atoms with Gasteiger partial charge >= 0.3 is 101 Å². The van der Waals surface area contributed by atoms with Gasteiger partial charge in [0.05, 0.1) is 0 Å². The van der Waals surface area contributed by atoms with Crippen molar-refractivity contribution in [1.82, 2.24) is 0 Å². The van der Waals surface area contributed by atoms with Crippen molar-refractivity contribution in [1.29, 1.82) is 0 Å². The summed E-state index contributed by atoms with van der Waals surface area (Å²) in [7, 11) is 0. The maximum absolute atomic E-state index is 6.05. The molecule has 0 unspecified atom stereocenters. The third kappa shape index (κ3) is 6.34. The second-order valence-electron chi connectivity index (χ2n) is 6.80. The first kappa shape index (κ1) is 14.1. The molecule has 1 aliphatic carbocycles. The molecule has 0 bridgehead atoms. The Kier molecular flexibility index (Phi) is 4.42. The Labute approximate surface area is 101 Å². The van der Waals surface area contributed by atoms with Crippen molar-refractivity contribution in [2.24, 2.45) is 5.41 Å². The van der Waals surface area contributed by atoms with Crippen LogP contribution < -0.4 is 0 Å². The molecule has 1 saturated carbocycles. The van der Waals surface area contributed by atoms with Gasteiger partial charge in [-0.05, 0) is 0 Å². The van der Waals surface area contributed by atoms with E-state index in [9.17, 15) is 0 Å². The zero-order chi connectivity index (χ0) is 11.7. The van der Waals surface area contributed by atoms with Crippen LogP contribution in [0.3, 0.4) is 0 Å². The third-order valence-electron chi connectivity index (χ3n) is 2.58. The fourth-order valence-corrected chi connectivity index (χ4v) is 4.35. The van der Waals surface area contributed by atoms with Crippen molar-refractivity contribution in [3.8, 4) is 0 Å². The van der Waals surface area contributed by atoms with E-state index in [-0.39, 0.29) is 0 Å². The first-order valence-electron chi connectivity index (χ1n) is 5.90. The van der Waals surface area contributed by atoms with Gasteiger partial charge in [0.1, 0.15) is 0 Å². The summed E-state index contributed by atoms with van der Waals surface area (Å²) in [6.07, 6.45) is 2.62. The Bertz CT molecular complexity index is 192. The Morgan fingerprint density at radius 2 is 1.13 bits per heavy atom. The van der Waals surface area contributed by atoms with Crippen LogP contribution >= 0.6 is 0 Å². The van der Waals surface area contributed by atoms with E-state index in [0.29, 0.717) is 5.41 Å². The predicted octanol–water partition coefficient (Wildman–Crippen LogP) is 3.47. The van der Waals surface area contributed by atoms with E-state index in [2.05, 4.69) is 34.5 Å². The minimum atomic E-state index is -1.81. The molecule has 0 radical (unpaired) electrons. The molecule has 0 heterocycles. The standard InChI is InChI=1S/C11H26Ge2O2/c1-12(2,3)14-9-11(7-8-11)10-15-13(4,5)6/h7-10H2,1-6H3. The molecule has 1 fully saturated rings. The van der Waals surface area contributed by atoms with Gasteiger partial charge in [-0.3, -0.25) is 0 Å². The van der Waals surface area contributed by atoms with Gasteiger partial charge in [-0.1, -0.05) is 0 Å². The Morgan fingerprint density at radius 3 is 1.33 bits per heavy atom. The Hall–Kier alpha value is 1.01. The SMILES string of the molecule is [CH3][Ge]([CH3])([CH3])[O]CC1(C[O][Ge]([CH3])([CH3])[CH3])CC1. The first-order valence-corrected chi connectivity index (χ1v) is 20.2. The second kappa shape index (κ2) is 4.71. The van der Waals surface area contributed by atoms with E-state index in [1.165, 1.54) is 12.8 Å². The normalized spacial score (nSPS) is 20.4.